The lowest BCUT2D eigenvalue weighted by Crippen LogP contribution is -2.06. The molecule has 1 atom stereocenters. The fraction of sp³-hybridized carbons (Fsp3) is 0.125. The van der Waals surface area contributed by atoms with Gasteiger partial charge in [0, 0.05) is 22.0 Å². The number of esters is 1. The average Bonchev–Trinajstić information content (AvgIpc) is 2.53. The van der Waals surface area contributed by atoms with E-state index in [-0.39, 0.29) is 11.0 Å². The van der Waals surface area contributed by atoms with Crippen LogP contribution < -0.4 is 5.43 Å². The van der Waals surface area contributed by atoms with Gasteiger partial charge in [0.25, 0.3) is 0 Å². The SMILES string of the molecule is COC(=O)c1ccc2oc3cc(S(C)=O)ccc3c(=O)c2c1. The fourth-order valence-electron chi connectivity index (χ4n) is 2.26. The first-order chi connectivity index (χ1) is 10.5. The molecule has 1 aromatic heterocycles. The van der Waals surface area contributed by atoms with Gasteiger partial charge in [-0.2, -0.15) is 0 Å². The summed E-state index contributed by atoms with van der Waals surface area (Å²) >= 11 is 0. The lowest BCUT2D eigenvalue weighted by atomic mass is 10.1. The molecule has 0 radical (unpaired) electrons. The summed E-state index contributed by atoms with van der Waals surface area (Å²) in [5.74, 6) is -0.516. The number of methoxy groups -OCH3 is 1. The Morgan fingerprint density at radius 3 is 2.55 bits per heavy atom. The summed E-state index contributed by atoms with van der Waals surface area (Å²) in [6.07, 6.45) is 1.56. The van der Waals surface area contributed by atoms with Gasteiger partial charge >= 0.3 is 5.97 Å². The minimum atomic E-state index is -1.16. The summed E-state index contributed by atoms with van der Waals surface area (Å²) in [4.78, 5) is 24.7. The van der Waals surface area contributed by atoms with Crippen molar-refractivity contribution in [2.24, 2.45) is 0 Å². The van der Waals surface area contributed by atoms with Gasteiger partial charge in [0.05, 0.1) is 23.4 Å². The summed E-state index contributed by atoms with van der Waals surface area (Å²) in [5.41, 5.74) is 0.781. The third kappa shape index (κ3) is 2.31. The Hall–Kier alpha value is -2.47. The Bertz CT molecular complexity index is 987. The second-order valence-corrected chi connectivity index (χ2v) is 6.13. The van der Waals surface area contributed by atoms with Crippen molar-refractivity contribution in [1.82, 2.24) is 0 Å². The smallest absolute Gasteiger partial charge is 0.337 e. The molecule has 0 N–H and O–H groups in total. The molecule has 6 heteroatoms. The molecule has 22 heavy (non-hydrogen) atoms. The second kappa shape index (κ2) is 5.38. The Morgan fingerprint density at radius 2 is 1.86 bits per heavy atom. The molecule has 1 unspecified atom stereocenters. The van der Waals surface area contributed by atoms with Crippen LogP contribution in [0.1, 0.15) is 10.4 Å². The van der Waals surface area contributed by atoms with Crippen LogP contribution in [-0.4, -0.2) is 23.5 Å². The number of hydrogen-bond acceptors (Lipinski definition) is 5. The van der Waals surface area contributed by atoms with Crippen LogP contribution in [0.25, 0.3) is 21.9 Å². The van der Waals surface area contributed by atoms with E-state index in [1.165, 1.54) is 19.2 Å². The van der Waals surface area contributed by atoms with E-state index in [4.69, 9.17) is 4.42 Å². The number of ether oxygens (including phenoxy) is 1. The minimum absolute atomic E-state index is 0.240. The molecule has 0 amide bonds. The van der Waals surface area contributed by atoms with Gasteiger partial charge in [0.2, 0.25) is 5.43 Å². The third-order valence-electron chi connectivity index (χ3n) is 3.39. The van der Waals surface area contributed by atoms with Gasteiger partial charge < -0.3 is 9.15 Å². The number of rotatable bonds is 2. The van der Waals surface area contributed by atoms with Crippen LogP contribution in [0.2, 0.25) is 0 Å². The first kappa shape index (κ1) is 14.5. The molecule has 0 saturated carbocycles. The van der Waals surface area contributed by atoms with Crippen molar-refractivity contribution >= 4 is 38.7 Å². The normalized spacial score (nSPS) is 12.5. The van der Waals surface area contributed by atoms with Crippen molar-refractivity contribution in [2.75, 3.05) is 13.4 Å². The lowest BCUT2D eigenvalue weighted by molar-refractivity contribution is 0.0601. The van der Waals surface area contributed by atoms with Crippen molar-refractivity contribution in [3.63, 3.8) is 0 Å². The third-order valence-corrected chi connectivity index (χ3v) is 4.31. The standard InChI is InChI=1S/C16H12O5S/c1-20-16(18)9-3-6-13-12(7-9)15(17)11-5-4-10(22(2)19)8-14(11)21-13/h3-8H,1-2H3. The van der Waals surface area contributed by atoms with E-state index in [2.05, 4.69) is 4.74 Å². The number of benzene rings is 2. The van der Waals surface area contributed by atoms with Gasteiger partial charge in [-0.1, -0.05) is 0 Å². The molecule has 3 rings (SSSR count). The topological polar surface area (TPSA) is 73.6 Å². The highest BCUT2D eigenvalue weighted by atomic mass is 32.2. The van der Waals surface area contributed by atoms with Crippen molar-refractivity contribution in [3.05, 3.63) is 52.2 Å². The molecule has 1 heterocycles. The average molecular weight is 316 g/mol. The Labute approximate surface area is 128 Å². The van der Waals surface area contributed by atoms with E-state index in [1.807, 2.05) is 0 Å². The Balaban J connectivity index is 2.33. The number of fused-ring (bicyclic) bond motifs is 2. The van der Waals surface area contributed by atoms with E-state index >= 15 is 0 Å². The highest BCUT2D eigenvalue weighted by Crippen LogP contribution is 2.22. The molecule has 0 aliphatic rings. The summed E-state index contributed by atoms with van der Waals surface area (Å²) < 4.78 is 21.9. The number of carbonyl (C=O) groups is 1. The molecular weight excluding hydrogens is 304 g/mol. The van der Waals surface area contributed by atoms with E-state index < -0.39 is 16.8 Å². The van der Waals surface area contributed by atoms with E-state index in [0.717, 1.165) is 0 Å². The highest BCUT2D eigenvalue weighted by Gasteiger charge is 2.12. The molecule has 0 fully saturated rings. The zero-order valence-electron chi connectivity index (χ0n) is 11.9. The van der Waals surface area contributed by atoms with Gasteiger partial charge in [0.1, 0.15) is 11.2 Å². The van der Waals surface area contributed by atoms with Crippen molar-refractivity contribution in [1.29, 1.82) is 0 Å². The Kier molecular flexibility index (Phi) is 3.54. The van der Waals surface area contributed by atoms with Gasteiger partial charge in [-0.05, 0) is 36.4 Å². The maximum atomic E-state index is 12.5. The van der Waals surface area contributed by atoms with E-state index in [0.29, 0.717) is 26.8 Å². The van der Waals surface area contributed by atoms with Crippen LogP contribution in [-0.2, 0) is 15.5 Å². The number of hydrogen-bond donors (Lipinski definition) is 0. The first-order valence-electron chi connectivity index (χ1n) is 6.43. The predicted octanol–water partition coefficient (Wildman–Crippen LogP) is 2.47. The molecule has 112 valence electrons. The van der Waals surface area contributed by atoms with E-state index in [9.17, 15) is 13.8 Å². The van der Waals surface area contributed by atoms with Crippen LogP contribution in [0.5, 0.6) is 0 Å². The molecule has 2 aromatic carbocycles. The summed E-state index contributed by atoms with van der Waals surface area (Å²) in [7, 11) is 0.120. The van der Waals surface area contributed by atoms with Crippen LogP contribution >= 0.6 is 0 Å². The summed E-state index contributed by atoms with van der Waals surface area (Å²) in [6.45, 7) is 0. The van der Waals surface area contributed by atoms with Gasteiger partial charge in [-0.3, -0.25) is 9.00 Å². The number of carbonyl (C=O) groups excluding carboxylic acids is 1. The van der Waals surface area contributed by atoms with Gasteiger partial charge in [0.15, 0.2) is 0 Å². The zero-order chi connectivity index (χ0) is 15.9. The molecule has 0 saturated heterocycles. The molecule has 0 spiro atoms. The zero-order valence-corrected chi connectivity index (χ0v) is 12.7. The van der Waals surface area contributed by atoms with Crippen molar-refractivity contribution in [2.45, 2.75) is 4.90 Å². The molecule has 3 aromatic rings. The first-order valence-corrected chi connectivity index (χ1v) is 7.99. The van der Waals surface area contributed by atoms with Crippen molar-refractivity contribution < 1.29 is 18.2 Å². The maximum Gasteiger partial charge on any atom is 0.337 e. The summed E-state index contributed by atoms with van der Waals surface area (Å²) in [5, 5.41) is 0.685. The highest BCUT2D eigenvalue weighted by molar-refractivity contribution is 7.84. The second-order valence-electron chi connectivity index (χ2n) is 4.75. The minimum Gasteiger partial charge on any atom is -0.465 e. The molecule has 0 bridgehead atoms. The predicted molar refractivity (Wildman–Crippen MR) is 83.7 cm³/mol. The van der Waals surface area contributed by atoms with Crippen molar-refractivity contribution in [3.8, 4) is 0 Å². The quantitative estimate of drug-likeness (QED) is 0.536. The molecular formula is C16H12O5S. The van der Waals surface area contributed by atoms with Gasteiger partial charge in [-0.15, -0.1) is 0 Å². The van der Waals surface area contributed by atoms with Crippen LogP contribution in [0.15, 0.2) is 50.5 Å². The molecule has 5 nitrogen and oxygen atoms in total. The van der Waals surface area contributed by atoms with Gasteiger partial charge in [-0.25, -0.2) is 4.79 Å². The fourth-order valence-corrected chi connectivity index (χ4v) is 2.79. The Morgan fingerprint density at radius 1 is 1.09 bits per heavy atom. The molecule has 0 aliphatic carbocycles. The monoisotopic (exact) mass is 316 g/mol. The van der Waals surface area contributed by atoms with E-state index in [1.54, 1.807) is 30.5 Å². The van der Waals surface area contributed by atoms with Crippen LogP contribution in [0.3, 0.4) is 0 Å². The lowest BCUT2D eigenvalue weighted by Gasteiger charge is -2.04. The summed E-state index contributed by atoms with van der Waals surface area (Å²) in [6, 6.07) is 9.36. The van der Waals surface area contributed by atoms with Crippen LogP contribution in [0, 0.1) is 0 Å². The maximum absolute atomic E-state index is 12.5. The largest absolute Gasteiger partial charge is 0.465 e. The van der Waals surface area contributed by atoms with Crippen LogP contribution in [0.4, 0.5) is 0 Å². The molecule has 0 aliphatic heterocycles.